The van der Waals surface area contributed by atoms with Crippen molar-refractivity contribution in [2.75, 3.05) is 24.0 Å². The van der Waals surface area contributed by atoms with E-state index < -0.39 is 0 Å². The molecule has 2 aliphatic rings. The van der Waals surface area contributed by atoms with Gasteiger partial charge in [0.2, 0.25) is 11.6 Å². The molecule has 2 aliphatic heterocycles. The third kappa shape index (κ3) is 3.19. The lowest BCUT2D eigenvalue weighted by Gasteiger charge is -2.27. The summed E-state index contributed by atoms with van der Waals surface area (Å²) < 4.78 is 10.7. The molecule has 36 heavy (non-hydrogen) atoms. The first-order valence-corrected chi connectivity index (χ1v) is 11.5. The molecule has 0 unspecified atom stereocenters. The fraction of sp³-hybridized carbons (Fsp3) is 0.0667. The van der Waals surface area contributed by atoms with Crippen LogP contribution in [-0.2, 0) is 0 Å². The first-order chi connectivity index (χ1) is 17.6. The molecule has 0 radical (unpaired) electrons. The van der Waals surface area contributed by atoms with Crippen LogP contribution >= 0.6 is 0 Å². The zero-order valence-corrected chi connectivity index (χ0v) is 19.8. The van der Waals surface area contributed by atoms with Crippen LogP contribution in [0, 0.1) is 0 Å². The number of rotatable bonds is 4. The van der Waals surface area contributed by atoms with E-state index in [1.165, 1.54) is 0 Å². The topological polar surface area (TPSA) is 59.1 Å². The van der Waals surface area contributed by atoms with E-state index in [1.54, 1.807) is 26.4 Å². The van der Waals surface area contributed by atoms with E-state index in [4.69, 9.17) is 9.47 Å². The number of ketones is 2. The average molecular weight is 475 g/mol. The van der Waals surface area contributed by atoms with Gasteiger partial charge in [-0.15, -0.1) is 0 Å². The number of allylic oxidation sites excluding steroid dienone is 2. The van der Waals surface area contributed by atoms with Crippen molar-refractivity contribution in [1.29, 1.82) is 0 Å². The maximum Gasteiger partial charge on any atom is 0.214 e. The molecule has 2 heterocycles. The summed E-state index contributed by atoms with van der Waals surface area (Å²) in [5, 5.41) is 0. The maximum atomic E-state index is 13.9. The summed E-state index contributed by atoms with van der Waals surface area (Å²) in [6.45, 7) is 0. The van der Waals surface area contributed by atoms with E-state index in [-0.39, 0.29) is 11.6 Å². The number of hydrogen-bond donors (Lipinski definition) is 0. The minimum Gasteiger partial charge on any atom is -0.497 e. The first-order valence-electron chi connectivity index (χ1n) is 11.5. The van der Waals surface area contributed by atoms with Crippen LogP contribution in [0.15, 0.2) is 108 Å². The SMILES string of the molecule is COc1ccc(N2/C(=C3\C(=O)c4ccccc4N3c3ccc(OC)cc3)C(=O)c3ccccc32)cc1. The fourth-order valence-corrected chi connectivity index (χ4v) is 4.85. The Morgan fingerprint density at radius 1 is 0.500 bits per heavy atom. The molecular formula is C30H22N2O4. The van der Waals surface area contributed by atoms with Gasteiger partial charge in [-0.05, 0) is 72.8 Å². The highest BCUT2D eigenvalue weighted by molar-refractivity contribution is 6.30. The van der Waals surface area contributed by atoms with Crippen LogP contribution < -0.4 is 19.3 Å². The third-order valence-corrected chi connectivity index (χ3v) is 6.54. The van der Waals surface area contributed by atoms with Gasteiger partial charge < -0.3 is 19.3 Å². The van der Waals surface area contributed by atoms with Crippen molar-refractivity contribution < 1.29 is 19.1 Å². The highest BCUT2D eigenvalue weighted by atomic mass is 16.5. The lowest BCUT2D eigenvalue weighted by atomic mass is 10.1. The minimum absolute atomic E-state index is 0.198. The molecule has 176 valence electrons. The van der Waals surface area contributed by atoms with E-state index in [9.17, 15) is 9.59 Å². The molecule has 6 nitrogen and oxygen atoms in total. The van der Waals surface area contributed by atoms with Gasteiger partial charge in [-0.2, -0.15) is 0 Å². The van der Waals surface area contributed by atoms with Crippen molar-refractivity contribution in [2.45, 2.75) is 0 Å². The number of carbonyl (C=O) groups is 2. The second kappa shape index (κ2) is 8.43. The number of Topliss-reactive ketones (excluding diaryl/α,β-unsaturated/α-hetero) is 2. The van der Waals surface area contributed by atoms with Gasteiger partial charge in [-0.1, -0.05) is 24.3 Å². The Balaban J connectivity index is 1.63. The number of carbonyl (C=O) groups excluding carboxylic acids is 2. The summed E-state index contributed by atoms with van der Waals surface area (Å²) in [4.78, 5) is 31.6. The van der Waals surface area contributed by atoms with Crippen LogP contribution in [0.1, 0.15) is 20.7 Å². The molecule has 0 aromatic heterocycles. The van der Waals surface area contributed by atoms with Crippen LogP contribution in [0.3, 0.4) is 0 Å². The Bertz CT molecular complexity index is 1420. The molecule has 0 saturated carbocycles. The number of benzene rings is 4. The van der Waals surface area contributed by atoms with Crippen molar-refractivity contribution >= 4 is 34.3 Å². The summed E-state index contributed by atoms with van der Waals surface area (Å²) in [5.41, 5.74) is 4.72. The zero-order chi connectivity index (χ0) is 24.8. The molecule has 6 rings (SSSR count). The van der Waals surface area contributed by atoms with Crippen LogP contribution in [0.2, 0.25) is 0 Å². The maximum absolute atomic E-state index is 13.9. The lowest BCUT2D eigenvalue weighted by Crippen LogP contribution is -2.25. The first kappa shape index (κ1) is 21.7. The Hall–Kier alpha value is -4.84. The van der Waals surface area contributed by atoms with Crippen LogP contribution in [0.25, 0.3) is 0 Å². The van der Waals surface area contributed by atoms with Crippen molar-refractivity contribution in [3.63, 3.8) is 0 Å². The summed E-state index contributed by atoms with van der Waals surface area (Å²) in [6.07, 6.45) is 0. The molecule has 0 fully saturated rings. The number of anilines is 4. The van der Waals surface area contributed by atoms with Gasteiger partial charge >= 0.3 is 0 Å². The van der Waals surface area contributed by atoms with Gasteiger partial charge in [-0.25, -0.2) is 0 Å². The Morgan fingerprint density at radius 2 is 0.861 bits per heavy atom. The van der Waals surface area contributed by atoms with Crippen LogP contribution in [0.4, 0.5) is 22.7 Å². The monoisotopic (exact) mass is 474 g/mol. The highest BCUT2D eigenvalue weighted by Gasteiger charge is 2.43. The smallest absolute Gasteiger partial charge is 0.214 e. The van der Waals surface area contributed by atoms with Crippen LogP contribution in [-0.4, -0.2) is 25.8 Å². The molecule has 4 aromatic carbocycles. The van der Waals surface area contributed by atoms with E-state index in [1.807, 2.05) is 94.7 Å². The predicted octanol–water partition coefficient (Wildman–Crippen LogP) is 6.28. The van der Waals surface area contributed by atoms with E-state index in [0.29, 0.717) is 34.0 Å². The van der Waals surface area contributed by atoms with Gasteiger partial charge in [0.1, 0.15) is 22.9 Å². The normalized spacial score (nSPS) is 16.3. The Kier molecular flexibility index (Phi) is 5.08. The zero-order valence-electron chi connectivity index (χ0n) is 19.8. The van der Waals surface area contributed by atoms with Gasteiger partial charge in [0, 0.05) is 22.5 Å². The van der Waals surface area contributed by atoms with E-state index in [0.717, 1.165) is 22.7 Å². The standard InChI is InChI=1S/C30H22N2O4/c1-35-21-15-11-19(12-16-21)31-25-9-5-3-7-23(25)29(33)27(31)28-30(34)24-8-4-6-10-26(24)32(28)20-13-17-22(36-2)18-14-20/h3-18H,1-2H3/b28-27+. The molecule has 0 spiro atoms. The number of para-hydroxylation sites is 2. The predicted molar refractivity (Wildman–Crippen MR) is 139 cm³/mol. The Morgan fingerprint density at radius 3 is 1.22 bits per heavy atom. The van der Waals surface area contributed by atoms with Crippen molar-refractivity contribution in [1.82, 2.24) is 0 Å². The van der Waals surface area contributed by atoms with Crippen molar-refractivity contribution in [2.24, 2.45) is 0 Å². The quantitative estimate of drug-likeness (QED) is 0.324. The number of methoxy groups -OCH3 is 2. The molecule has 0 aliphatic carbocycles. The molecule has 0 atom stereocenters. The molecular weight excluding hydrogens is 452 g/mol. The molecule has 0 bridgehead atoms. The minimum atomic E-state index is -0.198. The lowest BCUT2D eigenvalue weighted by molar-refractivity contribution is 0.101. The summed E-state index contributed by atoms with van der Waals surface area (Å²) in [5.74, 6) is 1.01. The highest BCUT2D eigenvalue weighted by Crippen LogP contribution is 2.48. The summed E-state index contributed by atoms with van der Waals surface area (Å²) in [6, 6.07) is 29.8. The molecule has 0 amide bonds. The van der Waals surface area contributed by atoms with Gasteiger partial charge in [0.25, 0.3) is 0 Å². The third-order valence-electron chi connectivity index (χ3n) is 6.54. The fourth-order valence-electron chi connectivity index (χ4n) is 4.85. The second-order valence-corrected chi connectivity index (χ2v) is 8.46. The summed E-state index contributed by atoms with van der Waals surface area (Å²) in [7, 11) is 3.22. The largest absolute Gasteiger partial charge is 0.497 e. The van der Waals surface area contributed by atoms with Crippen molar-refractivity contribution in [3.8, 4) is 11.5 Å². The summed E-state index contributed by atoms with van der Waals surface area (Å²) >= 11 is 0. The molecule has 0 N–H and O–H groups in total. The molecule has 6 heteroatoms. The number of hydrogen-bond acceptors (Lipinski definition) is 6. The average Bonchev–Trinajstić information content (AvgIpc) is 3.39. The second-order valence-electron chi connectivity index (χ2n) is 8.46. The van der Waals surface area contributed by atoms with Gasteiger partial charge in [-0.3, -0.25) is 9.59 Å². The van der Waals surface area contributed by atoms with Crippen molar-refractivity contribution in [3.05, 3.63) is 120 Å². The number of ether oxygens (including phenoxy) is 2. The number of nitrogens with zero attached hydrogens (tertiary/aromatic N) is 2. The van der Waals surface area contributed by atoms with E-state index in [2.05, 4.69) is 0 Å². The van der Waals surface area contributed by atoms with Crippen LogP contribution in [0.5, 0.6) is 11.5 Å². The van der Waals surface area contributed by atoms with Gasteiger partial charge in [0.15, 0.2) is 0 Å². The molecule has 0 saturated heterocycles. The molecule has 4 aromatic rings. The Labute approximate surface area is 208 Å². The van der Waals surface area contributed by atoms with Gasteiger partial charge in [0.05, 0.1) is 25.6 Å². The van der Waals surface area contributed by atoms with E-state index >= 15 is 0 Å². The number of fused-ring (bicyclic) bond motifs is 2.